The number of nitrogens with two attached hydrogens (primary N) is 1. The predicted octanol–water partition coefficient (Wildman–Crippen LogP) is 3.38. The molecule has 0 aliphatic carbocycles. The summed E-state index contributed by atoms with van der Waals surface area (Å²) in [6.45, 7) is 2.08. The minimum absolute atomic E-state index is 0.297. The van der Waals surface area contributed by atoms with Crippen LogP contribution in [0.4, 0.5) is 0 Å². The van der Waals surface area contributed by atoms with Crippen LogP contribution < -0.4 is 5.73 Å². The summed E-state index contributed by atoms with van der Waals surface area (Å²) < 4.78 is 1.17. The SMILES string of the molecule is CC(N)CC1CSc2ccc(Br)cc21. The van der Waals surface area contributed by atoms with E-state index in [1.807, 2.05) is 11.8 Å². The maximum absolute atomic E-state index is 5.85. The van der Waals surface area contributed by atoms with Gasteiger partial charge in [-0.1, -0.05) is 15.9 Å². The monoisotopic (exact) mass is 271 g/mol. The largest absolute Gasteiger partial charge is 0.328 e. The summed E-state index contributed by atoms with van der Waals surface area (Å²) >= 11 is 5.47. The Hall–Kier alpha value is 0.01000. The second-order valence-corrected chi connectivity index (χ2v) is 5.88. The van der Waals surface area contributed by atoms with Crippen molar-refractivity contribution in [3.8, 4) is 0 Å². The highest BCUT2D eigenvalue weighted by Gasteiger charge is 2.23. The average molecular weight is 272 g/mol. The molecule has 2 rings (SSSR count). The fourth-order valence-corrected chi connectivity index (χ4v) is 3.53. The van der Waals surface area contributed by atoms with Crippen molar-refractivity contribution in [2.45, 2.75) is 30.2 Å². The average Bonchev–Trinajstić information content (AvgIpc) is 2.47. The highest BCUT2D eigenvalue weighted by atomic mass is 79.9. The van der Waals surface area contributed by atoms with Crippen molar-refractivity contribution in [2.24, 2.45) is 5.73 Å². The van der Waals surface area contributed by atoms with Crippen LogP contribution in [0.5, 0.6) is 0 Å². The van der Waals surface area contributed by atoms with Crippen molar-refractivity contribution in [3.05, 3.63) is 28.2 Å². The van der Waals surface area contributed by atoms with Crippen LogP contribution in [0.3, 0.4) is 0 Å². The summed E-state index contributed by atoms with van der Waals surface area (Å²) in [5.41, 5.74) is 7.32. The van der Waals surface area contributed by atoms with Gasteiger partial charge in [0.2, 0.25) is 0 Å². The Morgan fingerprint density at radius 1 is 1.64 bits per heavy atom. The van der Waals surface area contributed by atoms with Crippen molar-refractivity contribution >= 4 is 27.7 Å². The molecule has 2 atom stereocenters. The van der Waals surface area contributed by atoms with Crippen LogP contribution >= 0.6 is 27.7 Å². The zero-order chi connectivity index (χ0) is 10.1. The van der Waals surface area contributed by atoms with Gasteiger partial charge in [0.25, 0.3) is 0 Å². The number of rotatable bonds is 2. The molecule has 1 heterocycles. The fraction of sp³-hybridized carbons (Fsp3) is 0.455. The van der Waals surface area contributed by atoms with Gasteiger partial charge in [-0.15, -0.1) is 11.8 Å². The van der Waals surface area contributed by atoms with Crippen LogP contribution in [0.2, 0.25) is 0 Å². The van der Waals surface area contributed by atoms with Crippen molar-refractivity contribution in [3.63, 3.8) is 0 Å². The highest BCUT2D eigenvalue weighted by molar-refractivity contribution is 9.10. The van der Waals surface area contributed by atoms with Gasteiger partial charge in [-0.05, 0) is 43.0 Å². The third kappa shape index (κ3) is 2.15. The van der Waals surface area contributed by atoms with Gasteiger partial charge in [-0.3, -0.25) is 0 Å². The number of benzene rings is 1. The molecule has 0 bridgehead atoms. The molecule has 14 heavy (non-hydrogen) atoms. The number of hydrogen-bond donors (Lipinski definition) is 1. The van der Waals surface area contributed by atoms with Crippen LogP contribution in [0, 0.1) is 0 Å². The van der Waals surface area contributed by atoms with Crippen molar-refractivity contribution in [2.75, 3.05) is 5.75 Å². The molecule has 2 N–H and O–H groups in total. The summed E-state index contributed by atoms with van der Waals surface area (Å²) in [7, 11) is 0. The predicted molar refractivity (Wildman–Crippen MR) is 65.9 cm³/mol. The molecule has 0 saturated heterocycles. The van der Waals surface area contributed by atoms with Crippen LogP contribution in [-0.4, -0.2) is 11.8 Å². The van der Waals surface area contributed by atoms with Gasteiger partial charge in [0.05, 0.1) is 0 Å². The van der Waals surface area contributed by atoms with E-state index in [0.717, 1.165) is 6.42 Å². The van der Waals surface area contributed by atoms with Gasteiger partial charge in [-0.2, -0.15) is 0 Å². The van der Waals surface area contributed by atoms with Crippen LogP contribution in [0.25, 0.3) is 0 Å². The van der Waals surface area contributed by atoms with Crippen LogP contribution in [-0.2, 0) is 0 Å². The lowest BCUT2D eigenvalue weighted by atomic mass is 9.95. The minimum Gasteiger partial charge on any atom is -0.328 e. The van der Waals surface area contributed by atoms with Crippen LogP contribution in [0.1, 0.15) is 24.8 Å². The molecule has 0 radical (unpaired) electrons. The Morgan fingerprint density at radius 2 is 2.43 bits per heavy atom. The quantitative estimate of drug-likeness (QED) is 0.893. The molecule has 1 aliphatic heterocycles. The molecule has 1 nitrogen and oxygen atoms in total. The second kappa shape index (κ2) is 4.25. The van der Waals surface area contributed by atoms with E-state index in [-0.39, 0.29) is 0 Å². The first kappa shape index (κ1) is 10.5. The summed E-state index contributed by atoms with van der Waals surface area (Å²) in [4.78, 5) is 1.43. The van der Waals surface area contributed by atoms with E-state index in [1.165, 1.54) is 20.7 Å². The van der Waals surface area contributed by atoms with E-state index in [0.29, 0.717) is 12.0 Å². The molecular formula is C11H14BrNS. The zero-order valence-electron chi connectivity index (χ0n) is 8.16. The van der Waals surface area contributed by atoms with Crippen molar-refractivity contribution < 1.29 is 0 Å². The molecule has 0 amide bonds. The van der Waals surface area contributed by atoms with Crippen LogP contribution in [0.15, 0.2) is 27.6 Å². The van der Waals surface area contributed by atoms with E-state index < -0.39 is 0 Å². The highest BCUT2D eigenvalue weighted by Crippen LogP contribution is 2.42. The molecule has 1 aliphatic rings. The van der Waals surface area contributed by atoms with E-state index in [9.17, 15) is 0 Å². The third-order valence-electron chi connectivity index (χ3n) is 2.51. The Morgan fingerprint density at radius 3 is 3.14 bits per heavy atom. The smallest absolute Gasteiger partial charge is 0.0178 e. The standard InChI is InChI=1S/C11H14BrNS/c1-7(13)4-8-6-14-11-3-2-9(12)5-10(8)11/h2-3,5,7-8H,4,6,13H2,1H3. The summed E-state index contributed by atoms with van der Waals surface area (Å²) in [5, 5.41) is 0. The second-order valence-electron chi connectivity index (χ2n) is 3.90. The molecule has 76 valence electrons. The third-order valence-corrected chi connectivity index (χ3v) is 4.25. The summed E-state index contributed by atoms with van der Waals surface area (Å²) in [6.07, 6.45) is 1.09. The lowest BCUT2D eigenvalue weighted by Gasteiger charge is -2.13. The molecule has 0 saturated carbocycles. The first-order valence-electron chi connectivity index (χ1n) is 4.84. The Bertz CT molecular complexity index is 338. The van der Waals surface area contributed by atoms with Crippen molar-refractivity contribution in [1.29, 1.82) is 0 Å². The summed E-state index contributed by atoms with van der Waals surface area (Å²) in [6, 6.07) is 6.85. The molecular weight excluding hydrogens is 258 g/mol. The van der Waals surface area contributed by atoms with Crippen molar-refractivity contribution in [1.82, 2.24) is 0 Å². The normalized spacial score (nSPS) is 22.1. The molecule has 0 spiro atoms. The van der Waals surface area contributed by atoms with Gasteiger partial charge in [0, 0.05) is 21.2 Å². The van der Waals surface area contributed by atoms with Gasteiger partial charge in [-0.25, -0.2) is 0 Å². The zero-order valence-corrected chi connectivity index (χ0v) is 10.6. The lowest BCUT2D eigenvalue weighted by Crippen LogP contribution is -2.18. The van der Waals surface area contributed by atoms with Gasteiger partial charge in [0.1, 0.15) is 0 Å². The first-order chi connectivity index (χ1) is 6.66. The van der Waals surface area contributed by atoms with Gasteiger partial charge in [0.15, 0.2) is 0 Å². The van der Waals surface area contributed by atoms with E-state index in [4.69, 9.17) is 5.73 Å². The summed E-state index contributed by atoms with van der Waals surface area (Å²) in [5.74, 6) is 1.83. The topological polar surface area (TPSA) is 26.0 Å². The number of hydrogen-bond acceptors (Lipinski definition) is 2. The Kier molecular flexibility index (Phi) is 3.20. The lowest BCUT2D eigenvalue weighted by molar-refractivity contribution is 0.592. The first-order valence-corrected chi connectivity index (χ1v) is 6.62. The molecule has 3 heteroatoms. The van der Waals surface area contributed by atoms with E-state index in [1.54, 1.807) is 0 Å². The molecule has 0 aromatic heterocycles. The Labute approximate surface area is 97.6 Å². The minimum atomic E-state index is 0.297. The van der Waals surface area contributed by atoms with Gasteiger partial charge < -0.3 is 5.73 Å². The molecule has 2 unspecified atom stereocenters. The number of halogens is 1. The molecule has 1 aromatic rings. The van der Waals surface area contributed by atoms with Gasteiger partial charge >= 0.3 is 0 Å². The molecule has 0 fully saturated rings. The van der Waals surface area contributed by atoms with E-state index in [2.05, 4.69) is 41.1 Å². The maximum Gasteiger partial charge on any atom is 0.0178 e. The number of fused-ring (bicyclic) bond motifs is 1. The fourth-order valence-electron chi connectivity index (χ4n) is 1.89. The Balaban J connectivity index is 2.24. The maximum atomic E-state index is 5.85. The molecule has 1 aromatic carbocycles. The number of thioether (sulfide) groups is 1. The van der Waals surface area contributed by atoms with E-state index >= 15 is 0 Å².